The van der Waals surface area contributed by atoms with Crippen LogP contribution in [-0.4, -0.2) is 19.2 Å². The Balaban J connectivity index is 2.19. The Kier molecular flexibility index (Phi) is 4.87. The Labute approximate surface area is 94.4 Å². The molecule has 0 spiro atoms. The topological polar surface area (TPSA) is 59.3 Å². The minimum atomic E-state index is -0.519. The van der Waals surface area contributed by atoms with E-state index in [1.807, 2.05) is 31.2 Å². The first-order valence-electron chi connectivity index (χ1n) is 4.94. The van der Waals surface area contributed by atoms with Crippen molar-refractivity contribution in [3.05, 3.63) is 29.8 Å². The van der Waals surface area contributed by atoms with Gasteiger partial charge in [0.1, 0.15) is 25.4 Å². The Bertz CT molecular complexity index is 378. The molecule has 0 heterocycles. The molecular formula is C12H13NO3. The van der Waals surface area contributed by atoms with Crippen LogP contribution in [-0.2, 0) is 9.53 Å². The van der Waals surface area contributed by atoms with E-state index in [9.17, 15) is 4.79 Å². The molecule has 0 atom stereocenters. The summed E-state index contributed by atoms with van der Waals surface area (Å²) in [7, 11) is 0. The first-order chi connectivity index (χ1) is 7.72. The molecule has 0 radical (unpaired) electrons. The largest absolute Gasteiger partial charge is 0.490 e. The molecule has 0 N–H and O–H groups in total. The van der Waals surface area contributed by atoms with Crippen molar-refractivity contribution < 1.29 is 14.3 Å². The van der Waals surface area contributed by atoms with Crippen molar-refractivity contribution in [3.63, 3.8) is 0 Å². The van der Waals surface area contributed by atoms with Gasteiger partial charge in [-0.2, -0.15) is 5.26 Å². The fraction of sp³-hybridized carbons (Fsp3) is 0.333. The van der Waals surface area contributed by atoms with Gasteiger partial charge in [-0.25, -0.2) is 0 Å². The van der Waals surface area contributed by atoms with E-state index in [1.165, 1.54) is 0 Å². The van der Waals surface area contributed by atoms with E-state index in [0.29, 0.717) is 6.61 Å². The van der Waals surface area contributed by atoms with Crippen LogP contribution < -0.4 is 4.74 Å². The van der Waals surface area contributed by atoms with Gasteiger partial charge in [-0.05, 0) is 19.1 Å². The summed E-state index contributed by atoms with van der Waals surface area (Å²) in [6.07, 6.45) is -0.218. The van der Waals surface area contributed by atoms with Gasteiger partial charge in [-0.1, -0.05) is 17.7 Å². The maximum atomic E-state index is 10.8. The summed E-state index contributed by atoms with van der Waals surface area (Å²) >= 11 is 0. The molecule has 0 aromatic heterocycles. The summed E-state index contributed by atoms with van der Waals surface area (Å²) in [6, 6.07) is 9.31. The molecule has 0 unspecified atom stereocenters. The molecule has 0 aliphatic heterocycles. The predicted octanol–water partition coefficient (Wildman–Crippen LogP) is 1.83. The molecule has 0 saturated heterocycles. The van der Waals surface area contributed by atoms with Crippen LogP contribution >= 0.6 is 0 Å². The van der Waals surface area contributed by atoms with Crippen LogP contribution in [0.15, 0.2) is 24.3 Å². The maximum Gasteiger partial charge on any atom is 0.320 e. The normalized spacial score (nSPS) is 9.25. The van der Waals surface area contributed by atoms with Crippen molar-refractivity contribution in [1.82, 2.24) is 0 Å². The minimum Gasteiger partial charge on any atom is -0.490 e. The summed E-state index contributed by atoms with van der Waals surface area (Å²) in [4.78, 5) is 10.8. The fourth-order valence-electron chi connectivity index (χ4n) is 1.07. The molecule has 1 aromatic carbocycles. The lowest BCUT2D eigenvalue weighted by Gasteiger charge is -2.06. The highest BCUT2D eigenvalue weighted by atomic mass is 16.6. The van der Waals surface area contributed by atoms with Crippen LogP contribution in [0.5, 0.6) is 5.75 Å². The number of rotatable bonds is 5. The number of benzene rings is 1. The van der Waals surface area contributed by atoms with Gasteiger partial charge < -0.3 is 9.47 Å². The molecule has 0 amide bonds. The molecule has 0 bridgehead atoms. The number of carbonyl (C=O) groups excluding carboxylic acids is 1. The van der Waals surface area contributed by atoms with Gasteiger partial charge in [-0.15, -0.1) is 0 Å². The first kappa shape index (κ1) is 12.1. The lowest BCUT2D eigenvalue weighted by atomic mass is 10.2. The second kappa shape index (κ2) is 6.46. The highest BCUT2D eigenvalue weighted by molar-refractivity contribution is 5.71. The zero-order valence-corrected chi connectivity index (χ0v) is 9.10. The number of nitriles is 1. The molecule has 1 aromatic rings. The number of nitrogens with zero attached hydrogens (tertiary/aromatic N) is 1. The van der Waals surface area contributed by atoms with Crippen molar-refractivity contribution in [2.24, 2.45) is 0 Å². The Hall–Kier alpha value is -2.02. The van der Waals surface area contributed by atoms with E-state index in [-0.39, 0.29) is 13.0 Å². The van der Waals surface area contributed by atoms with Gasteiger partial charge in [0.05, 0.1) is 6.07 Å². The molecule has 0 saturated carbocycles. The Morgan fingerprint density at radius 2 is 2.00 bits per heavy atom. The van der Waals surface area contributed by atoms with Crippen LogP contribution in [0.2, 0.25) is 0 Å². The smallest absolute Gasteiger partial charge is 0.320 e. The van der Waals surface area contributed by atoms with E-state index in [2.05, 4.69) is 0 Å². The second-order valence-corrected chi connectivity index (χ2v) is 3.22. The summed E-state index contributed by atoms with van der Waals surface area (Å²) in [6.45, 7) is 2.45. The number of hydrogen-bond acceptors (Lipinski definition) is 4. The Morgan fingerprint density at radius 3 is 2.62 bits per heavy atom. The molecular weight excluding hydrogens is 206 g/mol. The zero-order valence-electron chi connectivity index (χ0n) is 9.10. The average Bonchev–Trinajstić information content (AvgIpc) is 2.27. The molecule has 1 rings (SSSR count). The lowest BCUT2D eigenvalue weighted by Crippen LogP contribution is -2.11. The third-order valence-corrected chi connectivity index (χ3v) is 1.86. The van der Waals surface area contributed by atoms with Crippen LogP contribution in [0, 0.1) is 18.3 Å². The molecule has 4 heteroatoms. The van der Waals surface area contributed by atoms with Crippen LogP contribution in [0.25, 0.3) is 0 Å². The van der Waals surface area contributed by atoms with Gasteiger partial charge in [-0.3, -0.25) is 4.79 Å². The number of carbonyl (C=O) groups is 1. The summed E-state index contributed by atoms with van der Waals surface area (Å²) in [5, 5.41) is 8.22. The molecule has 4 nitrogen and oxygen atoms in total. The highest BCUT2D eigenvalue weighted by Crippen LogP contribution is 2.10. The van der Waals surface area contributed by atoms with Gasteiger partial charge in [0.15, 0.2) is 0 Å². The number of ether oxygens (including phenoxy) is 2. The van der Waals surface area contributed by atoms with Crippen molar-refractivity contribution in [1.29, 1.82) is 5.26 Å². The van der Waals surface area contributed by atoms with Crippen molar-refractivity contribution in [3.8, 4) is 11.8 Å². The maximum absolute atomic E-state index is 10.8. The fourth-order valence-corrected chi connectivity index (χ4v) is 1.07. The van der Waals surface area contributed by atoms with Gasteiger partial charge in [0, 0.05) is 0 Å². The molecule has 0 aliphatic carbocycles. The van der Waals surface area contributed by atoms with Crippen LogP contribution in [0.4, 0.5) is 0 Å². The van der Waals surface area contributed by atoms with E-state index in [4.69, 9.17) is 14.7 Å². The zero-order chi connectivity index (χ0) is 11.8. The van der Waals surface area contributed by atoms with E-state index < -0.39 is 5.97 Å². The van der Waals surface area contributed by atoms with Crippen LogP contribution in [0.3, 0.4) is 0 Å². The molecule has 16 heavy (non-hydrogen) atoms. The molecule has 0 fully saturated rings. The van der Waals surface area contributed by atoms with Crippen molar-refractivity contribution >= 4 is 5.97 Å². The monoisotopic (exact) mass is 219 g/mol. The summed E-state index contributed by atoms with van der Waals surface area (Å²) in [5.74, 6) is 0.219. The first-order valence-corrected chi connectivity index (χ1v) is 4.94. The van der Waals surface area contributed by atoms with E-state index in [0.717, 1.165) is 11.3 Å². The van der Waals surface area contributed by atoms with Gasteiger partial charge in [0.25, 0.3) is 0 Å². The lowest BCUT2D eigenvalue weighted by molar-refractivity contribution is -0.143. The number of aryl methyl sites for hydroxylation is 1. The quantitative estimate of drug-likeness (QED) is 0.560. The van der Waals surface area contributed by atoms with E-state index >= 15 is 0 Å². The predicted molar refractivity (Wildman–Crippen MR) is 57.9 cm³/mol. The highest BCUT2D eigenvalue weighted by Gasteiger charge is 2.00. The van der Waals surface area contributed by atoms with Crippen molar-refractivity contribution in [2.75, 3.05) is 13.2 Å². The summed E-state index contributed by atoms with van der Waals surface area (Å²) < 4.78 is 10.1. The molecule has 0 aliphatic rings. The summed E-state index contributed by atoms with van der Waals surface area (Å²) in [5.41, 5.74) is 1.16. The number of esters is 1. The van der Waals surface area contributed by atoms with Crippen LogP contribution in [0.1, 0.15) is 12.0 Å². The van der Waals surface area contributed by atoms with E-state index in [1.54, 1.807) is 6.07 Å². The second-order valence-electron chi connectivity index (χ2n) is 3.22. The third kappa shape index (κ3) is 4.47. The standard InChI is InChI=1S/C12H13NO3/c1-10-2-4-11(5-3-10)15-8-9-16-12(14)6-7-13/h2-5H,6,8-9H2,1H3. The van der Waals surface area contributed by atoms with Crippen molar-refractivity contribution in [2.45, 2.75) is 13.3 Å². The SMILES string of the molecule is Cc1ccc(OCCOC(=O)CC#N)cc1. The minimum absolute atomic E-state index is 0.161. The van der Waals surface area contributed by atoms with Gasteiger partial charge >= 0.3 is 5.97 Å². The van der Waals surface area contributed by atoms with Gasteiger partial charge in [0.2, 0.25) is 0 Å². The Morgan fingerprint density at radius 1 is 1.31 bits per heavy atom. The third-order valence-electron chi connectivity index (χ3n) is 1.86. The number of hydrogen-bond donors (Lipinski definition) is 0. The average molecular weight is 219 g/mol. The molecule has 84 valence electrons.